The molecule has 0 aromatic carbocycles. The molecule has 1 aliphatic rings. The summed E-state index contributed by atoms with van der Waals surface area (Å²) in [4.78, 5) is 14.4. The van der Waals surface area contributed by atoms with Crippen molar-refractivity contribution in [2.24, 2.45) is 0 Å². The molecule has 1 amide bonds. The van der Waals surface area contributed by atoms with Gasteiger partial charge in [0.05, 0.1) is 5.25 Å². The number of thiocarbonyl (C=S) groups is 1. The lowest BCUT2D eigenvalue weighted by Crippen LogP contribution is -2.30. The maximum atomic E-state index is 12.2. The standard InChI is InChI=1S/C13H19N3O2S2/c1-3-10(20-13(19)16-6-4-5-7-16)12(17)14-11-8-9(2)18-15-11/h8,10H,3-7H2,1-2H3,(H,14,15,17). The van der Waals surface area contributed by atoms with E-state index in [1.165, 1.54) is 24.6 Å². The summed E-state index contributed by atoms with van der Waals surface area (Å²) in [6.07, 6.45) is 3.09. The molecule has 0 bridgehead atoms. The molecule has 1 unspecified atom stereocenters. The first kappa shape index (κ1) is 15.3. The maximum Gasteiger partial charge on any atom is 0.239 e. The van der Waals surface area contributed by atoms with Gasteiger partial charge in [-0.1, -0.05) is 36.1 Å². The van der Waals surface area contributed by atoms with Crippen molar-refractivity contribution in [1.29, 1.82) is 0 Å². The molecule has 1 aromatic rings. The summed E-state index contributed by atoms with van der Waals surface area (Å²) in [7, 11) is 0. The molecule has 0 aliphatic carbocycles. The third kappa shape index (κ3) is 3.96. The van der Waals surface area contributed by atoms with Crippen molar-refractivity contribution in [2.45, 2.75) is 38.4 Å². The third-order valence-electron chi connectivity index (χ3n) is 3.15. The fraction of sp³-hybridized carbons (Fsp3) is 0.615. The molecule has 1 saturated heterocycles. The van der Waals surface area contributed by atoms with Crippen LogP contribution in [-0.2, 0) is 4.79 Å². The molecule has 1 aliphatic heterocycles. The Hall–Kier alpha value is -1.08. The van der Waals surface area contributed by atoms with E-state index in [1.54, 1.807) is 13.0 Å². The fourth-order valence-corrected chi connectivity index (χ4v) is 3.49. The van der Waals surface area contributed by atoms with Gasteiger partial charge in [0.1, 0.15) is 10.1 Å². The molecule has 7 heteroatoms. The van der Waals surface area contributed by atoms with Crippen LogP contribution in [0.5, 0.6) is 0 Å². The highest BCUT2D eigenvalue weighted by Crippen LogP contribution is 2.23. The number of rotatable bonds is 4. The Bertz CT molecular complexity index is 484. The summed E-state index contributed by atoms with van der Waals surface area (Å²) in [5, 5.41) is 6.34. The number of nitrogens with zero attached hydrogens (tertiary/aromatic N) is 2. The van der Waals surface area contributed by atoms with Crippen molar-refractivity contribution in [3.05, 3.63) is 11.8 Å². The lowest BCUT2D eigenvalue weighted by Gasteiger charge is -2.21. The molecule has 1 aromatic heterocycles. The van der Waals surface area contributed by atoms with E-state index in [9.17, 15) is 4.79 Å². The van der Waals surface area contributed by atoms with Crippen LogP contribution in [-0.4, -0.2) is 38.6 Å². The van der Waals surface area contributed by atoms with Crippen LogP contribution in [0.3, 0.4) is 0 Å². The molecular weight excluding hydrogens is 294 g/mol. The van der Waals surface area contributed by atoms with Crippen molar-refractivity contribution < 1.29 is 9.32 Å². The summed E-state index contributed by atoms with van der Waals surface area (Å²) in [6, 6.07) is 1.70. The topological polar surface area (TPSA) is 58.4 Å². The van der Waals surface area contributed by atoms with Crippen LogP contribution in [0, 0.1) is 6.92 Å². The van der Waals surface area contributed by atoms with Crippen LogP contribution in [0.1, 0.15) is 31.9 Å². The zero-order chi connectivity index (χ0) is 14.5. The number of carbonyl (C=O) groups is 1. The number of amides is 1. The fourth-order valence-electron chi connectivity index (χ4n) is 2.05. The second-order valence-corrected chi connectivity index (χ2v) is 6.62. The van der Waals surface area contributed by atoms with Crippen LogP contribution in [0.25, 0.3) is 0 Å². The van der Waals surface area contributed by atoms with Gasteiger partial charge >= 0.3 is 0 Å². The summed E-state index contributed by atoms with van der Waals surface area (Å²) in [5.74, 6) is 1.06. The molecule has 1 N–H and O–H groups in total. The van der Waals surface area contributed by atoms with Crippen molar-refractivity contribution in [3.8, 4) is 0 Å². The molecule has 2 heterocycles. The molecule has 20 heavy (non-hydrogen) atoms. The van der Waals surface area contributed by atoms with Gasteiger partial charge in [-0.05, 0) is 26.2 Å². The normalized spacial score (nSPS) is 16.2. The molecule has 110 valence electrons. The van der Waals surface area contributed by atoms with Crippen molar-refractivity contribution in [1.82, 2.24) is 10.1 Å². The van der Waals surface area contributed by atoms with Crippen LogP contribution in [0.4, 0.5) is 5.82 Å². The number of aryl methyl sites for hydroxylation is 1. The molecule has 1 fully saturated rings. The summed E-state index contributed by atoms with van der Waals surface area (Å²) >= 11 is 6.88. The molecular formula is C13H19N3O2S2. The minimum absolute atomic E-state index is 0.0765. The van der Waals surface area contributed by atoms with Gasteiger partial charge in [0.15, 0.2) is 5.82 Å². The van der Waals surface area contributed by atoms with Crippen LogP contribution in [0.2, 0.25) is 0 Å². The Kier molecular flexibility index (Phi) is 5.42. The molecule has 0 radical (unpaired) electrons. The van der Waals surface area contributed by atoms with E-state index in [-0.39, 0.29) is 11.2 Å². The number of hydrogen-bond donors (Lipinski definition) is 1. The largest absolute Gasteiger partial charge is 0.360 e. The zero-order valence-corrected chi connectivity index (χ0v) is 13.4. The molecule has 5 nitrogen and oxygen atoms in total. The number of aromatic nitrogens is 1. The summed E-state index contributed by atoms with van der Waals surface area (Å²) < 4.78 is 5.76. The first-order valence-corrected chi connectivity index (χ1v) is 8.08. The monoisotopic (exact) mass is 313 g/mol. The average molecular weight is 313 g/mol. The van der Waals surface area contributed by atoms with Gasteiger partial charge < -0.3 is 14.7 Å². The Balaban J connectivity index is 1.89. The highest BCUT2D eigenvalue weighted by atomic mass is 32.2. The van der Waals surface area contributed by atoms with E-state index in [1.807, 2.05) is 6.92 Å². The Morgan fingerprint density at radius 2 is 2.30 bits per heavy atom. The predicted molar refractivity (Wildman–Crippen MR) is 84.9 cm³/mol. The van der Waals surface area contributed by atoms with Crippen LogP contribution in [0.15, 0.2) is 10.6 Å². The minimum Gasteiger partial charge on any atom is -0.360 e. The summed E-state index contributed by atoms with van der Waals surface area (Å²) in [5.41, 5.74) is 0. The van der Waals surface area contributed by atoms with Gasteiger partial charge in [-0.2, -0.15) is 0 Å². The van der Waals surface area contributed by atoms with Crippen LogP contribution < -0.4 is 5.32 Å². The number of carbonyl (C=O) groups excluding carboxylic acids is 1. The van der Waals surface area contributed by atoms with Crippen molar-refractivity contribution in [3.63, 3.8) is 0 Å². The first-order chi connectivity index (χ1) is 9.60. The zero-order valence-electron chi connectivity index (χ0n) is 11.7. The summed E-state index contributed by atoms with van der Waals surface area (Å²) in [6.45, 7) is 5.79. The van der Waals surface area contributed by atoms with Gasteiger partial charge in [0.25, 0.3) is 0 Å². The molecule has 1 atom stereocenters. The van der Waals surface area contributed by atoms with E-state index in [0.29, 0.717) is 11.6 Å². The second kappa shape index (κ2) is 7.08. The number of thioether (sulfide) groups is 1. The lowest BCUT2D eigenvalue weighted by molar-refractivity contribution is -0.115. The number of hydrogen-bond acceptors (Lipinski definition) is 5. The number of anilines is 1. The van der Waals surface area contributed by atoms with Gasteiger partial charge in [-0.25, -0.2) is 0 Å². The first-order valence-electron chi connectivity index (χ1n) is 6.80. The van der Waals surface area contributed by atoms with Crippen molar-refractivity contribution >= 4 is 40.0 Å². The quantitative estimate of drug-likeness (QED) is 0.863. The smallest absolute Gasteiger partial charge is 0.239 e. The highest BCUT2D eigenvalue weighted by molar-refractivity contribution is 8.23. The van der Waals surface area contributed by atoms with E-state index in [0.717, 1.165) is 23.8 Å². The van der Waals surface area contributed by atoms with E-state index >= 15 is 0 Å². The van der Waals surface area contributed by atoms with Gasteiger partial charge in [0.2, 0.25) is 5.91 Å². The van der Waals surface area contributed by atoms with E-state index < -0.39 is 0 Å². The number of nitrogens with one attached hydrogen (secondary N) is 1. The van der Waals surface area contributed by atoms with Crippen LogP contribution >= 0.6 is 24.0 Å². The molecule has 0 spiro atoms. The predicted octanol–water partition coefficient (Wildman–Crippen LogP) is 2.81. The third-order valence-corrected chi connectivity index (χ3v) is 4.99. The van der Waals surface area contributed by atoms with Gasteiger partial charge in [0, 0.05) is 19.2 Å². The second-order valence-electron chi connectivity index (χ2n) is 4.79. The van der Waals surface area contributed by atoms with Gasteiger partial charge in [-0.3, -0.25) is 4.79 Å². The highest BCUT2D eigenvalue weighted by Gasteiger charge is 2.24. The number of likely N-dealkylation sites (tertiary alicyclic amines) is 1. The Morgan fingerprint density at radius 3 is 2.85 bits per heavy atom. The van der Waals surface area contributed by atoms with Gasteiger partial charge in [-0.15, -0.1) is 0 Å². The molecule has 2 rings (SSSR count). The van der Waals surface area contributed by atoms with E-state index in [4.69, 9.17) is 16.7 Å². The van der Waals surface area contributed by atoms with Crippen molar-refractivity contribution in [2.75, 3.05) is 18.4 Å². The minimum atomic E-state index is -0.194. The average Bonchev–Trinajstić information content (AvgIpc) is 3.07. The van der Waals surface area contributed by atoms with E-state index in [2.05, 4.69) is 15.4 Å². The Labute approximate surface area is 128 Å². The molecule has 0 saturated carbocycles. The Morgan fingerprint density at radius 1 is 1.60 bits per heavy atom. The lowest BCUT2D eigenvalue weighted by atomic mass is 10.3. The maximum absolute atomic E-state index is 12.2. The SMILES string of the molecule is CCC(SC(=S)N1CCCC1)C(=O)Nc1cc(C)on1.